The maximum Gasteiger partial charge on any atom is 0.265 e. The number of hydrogen-bond donors (Lipinski definition) is 1. The largest absolute Gasteiger partial charge is 0.481 e. The monoisotopic (exact) mass is 309 g/mol. The van der Waals surface area contributed by atoms with Crippen molar-refractivity contribution in [1.82, 2.24) is 0 Å². The Bertz CT molecular complexity index is 582. The van der Waals surface area contributed by atoms with Crippen molar-refractivity contribution in [1.29, 1.82) is 0 Å². The molecule has 20 heavy (non-hydrogen) atoms. The van der Waals surface area contributed by atoms with Gasteiger partial charge in [-0.1, -0.05) is 41.4 Å². The van der Waals surface area contributed by atoms with Crippen molar-refractivity contribution in [2.45, 2.75) is 13.0 Å². The minimum absolute atomic E-state index is 0.243. The molecule has 1 amide bonds. The molecule has 2 aromatic rings. The Kier molecular flexibility index (Phi) is 4.88. The molecule has 1 N–H and O–H groups in total. The van der Waals surface area contributed by atoms with E-state index in [1.807, 2.05) is 18.2 Å². The van der Waals surface area contributed by atoms with Crippen LogP contribution in [0.5, 0.6) is 5.75 Å². The van der Waals surface area contributed by atoms with Gasteiger partial charge in [-0.15, -0.1) is 0 Å². The number of ether oxygens (including phenoxy) is 1. The van der Waals surface area contributed by atoms with Gasteiger partial charge in [0.05, 0.1) is 0 Å². The maximum absolute atomic E-state index is 12.0. The highest BCUT2D eigenvalue weighted by atomic mass is 35.5. The van der Waals surface area contributed by atoms with Gasteiger partial charge in [0.2, 0.25) is 0 Å². The first-order valence-electron chi connectivity index (χ1n) is 6.03. The molecule has 0 spiro atoms. The van der Waals surface area contributed by atoms with Gasteiger partial charge in [-0.05, 0) is 37.3 Å². The van der Waals surface area contributed by atoms with E-state index in [2.05, 4.69) is 5.32 Å². The molecule has 0 aliphatic rings. The lowest BCUT2D eigenvalue weighted by molar-refractivity contribution is -0.122. The molecule has 1 unspecified atom stereocenters. The average molecular weight is 310 g/mol. The zero-order valence-corrected chi connectivity index (χ0v) is 12.3. The van der Waals surface area contributed by atoms with E-state index >= 15 is 0 Å². The smallest absolute Gasteiger partial charge is 0.265 e. The minimum Gasteiger partial charge on any atom is -0.481 e. The molecule has 3 nitrogen and oxygen atoms in total. The van der Waals surface area contributed by atoms with Crippen LogP contribution in [0.15, 0.2) is 48.5 Å². The number of amides is 1. The van der Waals surface area contributed by atoms with Crippen molar-refractivity contribution in [3.8, 4) is 5.75 Å². The van der Waals surface area contributed by atoms with Crippen LogP contribution in [0.25, 0.3) is 0 Å². The summed E-state index contributed by atoms with van der Waals surface area (Å²) in [6.45, 7) is 1.66. The summed E-state index contributed by atoms with van der Waals surface area (Å²) in [7, 11) is 0. The predicted octanol–water partition coefficient (Wildman–Crippen LogP) is 4.40. The van der Waals surface area contributed by atoms with Crippen molar-refractivity contribution in [3.63, 3.8) is 0 Å². The van der Waals surface area contributed by atoms with E-state index < -0.39 is 6.10 Å². The fourth-order valence-electron chi connectivity index (χ4n) is 1.62. The van der Waals surface area contributed by atoms with Crippen LogP contribution in [0, 0.1) is 0 Å². The van der Waals surface area contributed by atoms with Crippen LogP contribution in [0.3, 0.4) is 0 Å². The second-order valence-corrected chi connectivity index (χ2v) is 5.09. The first-order valence-corrected chi connectivity index (χ1v) is 6.79. The lowest BCUT2D eigenvalue weighted by atomic mass is 10.3. The highest BCUT2D eigenvalue weighted by Gasteiger charge is 2.15. The van der Waals surface area contributed by atoms with Crippen LogP contribution in [-0.4, -0.2) is 12.0 Å². The molecule has 2 rings (SSSR count). The Morgan fingerprint density at radius 1 is 1.10 bits per heavy atom. The Balaban J connectivity index is 2.00. The first-order chi connectivity index (χ1) is 9.54. The van der Waals surface area contributed by atoms with E-state index in [1.54, 1.807) is 37.3 Å². The van der Waals surface area contributed by atoms with Gasteiger partial charge in [0.1, 0.15) is 5.75 Å². The van der Waals surface area contributed by atoms with Crippen molar-refractivity contribution in [3.05, 3.63) is 58.6 Å². The Labute approximate surface area is 127 Å². The van der Waals surface area contributed by atoms with Crippen molar-refractivity contribution >= 4 is 34.8 Å². The topological polar surface area (TPSA) is 38.3 Å². The number of anilines is 1. The highest BCUT2D eigenvalue weighted by molar-refractivity contribution is 6.34. The molecule has 0 aromatic heterocycles. The Morgan fingerprint density at radius 3 is 2.30 bits per heavy atom. The Morgan fingerprint density at radius 2 is 1.70 bits per heavy atom. The molecule has 0 aliphatic carbocycles. The molecular formula is C15H13Cl2NO2. The molecule has 0 aliphatic heterocycles. The Hall–Kier alpha value is -1.71. The fourth-order valence-corrected chi connectivity index (χ4v) is 2.13. The van der Waals surface area contributed by atoms with E-state index in [9.17, 15) is 4.79 Å². The van der Waals surface area contributed by atoms with Crippen LogP contribution >= 0.6 is 23.2 Å². The van der Waals surface area contributed by atoms with Gasteiger partial charge in [0.25, 0.3) is 5.91 Å². The van der Waals surface area contributed by atoms with Crippen molar-refractivity contribution in [2.24, 2.45) is 0 Å². The van der Waals surface area contributed by atoms with Crippen LogP contribution in [0.2, 0.25) is 10.0 Å². The molecule has 0 bridgehead atoms. The molecule has 0 saturated carbocycles. The van der Waals surface area contributed by atoms with Gasteiger partial charge in [0.15, 0.2) is 6.10 Å². The third-order valence-corrected chi connectivity index (χ3v) is 3.00. The maximum atomic E-state index is 12.0. The summed E-state index contributed by atoms with van der Waals surface area (Å²) >= 11 is 11.8. The van der Waals surface area contributed by atoms with E-state index in [4.69, 9.17) is 27.9 Å². The van der Waals surface area contributed by atoms with Crippen LogP contribution in [0.4, 0.5) is 5.69 Å². The quantitative estimate of drug-likeness (QED) is 0.909. The SMILES string of the molecule is CC(Oc1cc(Cl)cc(Cl)c1)C(=O)Nc1ccccc1. The normalized spacial score (nSPS) is 11.8. The second kappa shape index (κ2) is 6.64. The number of nitrogens with one attached hydrogen (secondary N) is 1. The summed E-state index contributed by atoms with van der Waals surface area (Å²) in [5.74, 6) is 0.213. The summed E-state index contributed by atoms with van der Waals surface area (Å²) in [4.78, 5) is 12.0. The summed E-state index contributed by atoms with van der Waals surface area (Å²) in [6.07, 6.45) is -0.662. The van der Waals surface area contributed by atoms with Crippen LogP contribution in [-0.2, 0) is 4.79 Å². The van der Waals surface area contributed by atoms with Gasteiger partial charge in [-0.25, -0.2) is 0 Å². The van der Waals surface area contributed by atoms with Crippen LogP contribution in [0.1, 0.15) is 6.92 Å². The number of benzene rings is 2. The lowest BCUT2D eigenvalue weighted by Gasteiger charge is -2.15. The molecule has 0 saturated heterocycles. The standard InChI is InChI=1S/C15H13Cl2NO2/c1-10(15(19)18-13-5-3-2-4-6-13)20-14-8-11(16)7-12(17)9-14/h2-10H,1H3,(H,18,19). The molecule has 0 heterocycles. The second-order valence-electron chi connectivity index (χ2n) is 4.22. The van der Waals surface area contributed by atoms with E-state index in [1.165, 1.54) is 0 Å². The minimum atomic E-state index is -0.662. The van der Waals surface area contributed by atoms with E-state index in [0.717, 1.165) is 5.69 Å². The molecule has 0 fully saturated rings. The number of hydrogen-bond acceptors (Lipinski definition) is 2. The molecular weight excluding hydrogens is 297 g/mol. The van der Waals surface area contributed by atoms with Gasteiger partial charge in [-0.3, -0.25) is 4.79 Å². The molecule has 5 heteroatoms. The lowest BCUT2D eigenvalue weighted by Crippen LogP contribution is -2.30. The molecule has 104 valence electrons. The van der Waals surface area contributed by atoms with Gasteiger partial charge in [0, 0.05) is 15.7 Å². The first kappa shape index (κ1) is 14.7. The van der Waals surface area contributed by atoms with Crippen LogP contribution < -0.4 is 10.1 Å². The van der Waals surface area contributed by atoms with E-state index in [-0.39, 0.29) is 5.91 Å². The summed E-state index contributed by atoms with van der Waals surface area (Å²) < 4.78 is 5.53. The summed E-state index contributed by atoms with van der Waals surface area (Å²) in [5.41, 5.74) is 0.720. The van der Waals surface area contributed by atoms with Gasteiger partial charge in [-0.2, -0.15) is 0 Å². The third kappa shape index (κ3) is 4.15. The summed E-state index contributed by atoms with van der Waals surface area (Å²) in [6, 6.07) is 14.0. The number of para-hydroxylation sites is 1. The fraction of sp³-hybridized carbons (Fsp3) is 0.133. The highest BCUT2D eigenvalue weighted by Crippen LogP contribution is 2.25. The van der Waals surface area contributed by atoms with Gasteiger partial charge >= 0.3 is 0 Å². The average Bonchev–Trinajstić information content (AvgIpc) is 2.38. The van der Waals surface area contributed by atoms with Crippen molar-refractivity contribution in [2.75, 3.05) is 5.32 Å². The molecule has 2 aromatic carbocycles. The molecule has 1 atom stereocenters. The number of carbonyl (C=O) groups is 1. The number of rotatable bonds is 4. The summed E-state index contributed by atoms with van der Waals surface area (Å²) in [5, 5.41) is 3.68. The number of halogens is 2. The third-order valence-electron chi connectivity index (χ3n) is 2.56. The zero-order chi connectivity index (χ0) is 14.5. The predicted molar refractivity (Wildman–Crippen MR) is 81.6 cm³/mol. The van der Waals surface area contributed by atoms with Crippen molar-refractivity contribution < 1.29 is 9.53 Å². The molecule has 0 radical (unpaired) electrons. The van der Waals surface area contributed by atoms with E-state index in [0.29, 0.717) is 15.8 Å². The van der Waals surface area contributed by atoms with Gasteiger partial charge < -0.3 is 10.1 Å². The number of carbonyl (C=O) groups excluding carboxylic acids is 1. The zero-order valence-electron chi connectivity index (χ0n) is 10.8.